The SMILES string of the molecule is COc1cc(-c2nc(Cl)nc(-n3cncn3)n2)ccn1. The summed E-state index contributed by atoms with van der Waals surface area (Å²) in [6, 6.07) is 3.45. The molecule has 100 valence electrons. The lowest BCUT2D eigenvalue weighted by molar-refractivity contribution is 0.398. The van der Waals surface area contributed by atoms with Gasteiger partial charge >= 0.3 is 0 Å². The molecule has 0 amide bonds. The van der Waals surface area contributed by atoms with Crippen LogP contribution in [0.15, 0.2) is 31.0 Å². The van der Waals surface area contributed by atoms with Crippen LogP contribution in [0.2, 0.25) is 5.28 Å². The highest BCUT2D eigenvalue weighted by atomic mass is 35.5. The number of hydrogen-bond donors (Lipinski definition) is 0. The van der Waals surface area contributed by atoms with Gasteiger partial charge in [-0.1, -0.05) is 0 Å². The van der Waals surface area contributed by atoms with Crippen LogP contribution in [0.25, 0.3) is 17.3 Å². The molecule has 0 saturated heterocycles. The van der Waals surface area contributed by atoms with Crippen LogP contribution < -0.4 is 4.74 Å². The summed E-state index contributed by atoms with van der Waals surface area (Å²) in [6.45, 7) is 0. The summed E-state index contributed by atoms with van der Waals surface area (Å²) in [5.41, 5.74) is 0.711. The van der Waals surface area contributed by atoms with Crippen molar-refractivity contribution in [3.63, 3.8) is 0 Å². The van der Waals surface area contributed by atoms with Gasteiger partial charge in [0.2, 0.25) is 11.2 Å². The van der Waals surface area contributed by atoms with Crippen molar-refractivity contribution in [1.29, 1.82) is 0 Å². The average Bonchev–Trinajstić information content (AvgIpc) is 3.01. The Morgan fingerprint density at radius 1 is 1.25 bits per heavy atom. The number of methoxy groups -OCH3 is 1. The third-order valence-corrected chi connectivity index (χ3v) is 2.59. The monoisotopic (exact) mass is 289 g/mol. The van der Waals surface area contributed by atoms with E-state index in [0.717, 1.165) is 0 Å². The Morgan fingerprint density at radius 2 is 2.15 bits per heavy atom. The van der Waals surface area contributed by atoms with E-state index in [2.05, 4.69) is 30.0 Å². The molecule has 0 aliphatic carbocycles. The van der Waals surface area contributed by atoms with Crippen LogP contribution in [0.1, 0.15) is 0 Å². The van der Waals surface area contributed by atoms with E-state index in [4.69, 9.17) is 16.3 Å². The maximum absolute atomic E-state index is 5.92. The molecule has 20 heavy (non-hydrogen) atoms. The van der Waals surface area contributed by atoms with Crippen LogP contribution in [0.4, 0.5) is 0 Å². The molecule has 0 aliphatic rings. The van der Waals surface area contributed by atoms with Gasteiger partial charge in [0.1, 0.15) is 12.7 Å². The second-order valence-electron chi connectivity index (χ2n) is 3.65. The Balaban J connectivity index is 2.09. The van der Waals surface area contributed by atoms with Gasteiger partial charge < -0.3 is 4.74 Å². The fourth-order valence-corrected chi connectivity index (χ4v) is 1.70. The van der Waals surface area contributed by atoms with Gasteiger partial charge in [-0.3, -0.25) is 0 Å². The second kappa shape index (κ2) is 5.17. The molecule has 0 bridgehead atoms. The average molecular weight is 290 g/mol. The van der Waals surface area contributed by atoms with Crippen molar-refractivity contribution >= 4 is 11.6 Å². The zero-order valence-corrected chi connectivity index (χ0v) is 11.1. The van der Waals surface area contributed by atoms with Crippen molar-refractivity contribution < 1.29 is 4.74 Å². The predicted molar refractivity (Wildman–Crippen MR) is 69.5 cm³/mol. The molecule has 0 aliphatic heterocycles. The Morgan fingerprint density at radius 3 is 2.90 bits per heavy atom. The molecule has 8 nitrogen and oxygen atoms in total. The summed E-state index contributed by atoms with van der Waals surface area (Å²) < 4.78 is 6.46. The topological polar surface area (TPSA) is 91.5 Å². The first kappa shape index (κ1) is 12.4. The molecular weight excluding hydrogens is 282 g/mol. The molecule has 0 radical (unpaired) electrons. The van der Waals surface area contributed by atoms with Crippen LogP contribution in [0, 0.1) is 0 Å². The maximum Gasteiger partial charge on any atom is 0.256 e. The third-order valence-electron chi connectivity index (χ3n) is 2.42. The fourth-order valence-electron chi connectivity index (χ4n) is 1.54. The van der Waals surface area contributed by atoms with Gasteiger partial charge in [0.05, 0.1) is 7.11 Å². The first-order chi connectivity index (χ1) is 9.76. The normalized spacial score (nSPS) is 10.5. The molecule has 0 fully saturated rings. The number of nitrogens with zero attached hydrogens (tertiary/aromatic N) is 7. The number of rotatable bonds is 3. The summed E-state index contributed by atoms with van der Waals surface area (Å²) in [5, 5.41) is 4.02. The minimum atomic E-state index is 0.0660. The zero-order valence-electron chi connectivity index (χ0n) is 10.3. The minimum absolute atomic E-state index is 0.0660. The van der Waals surface area contributed by atoms with Crippen molar-refractivity contribution in [1.82, 2.24) is 34.7 Å². The molecule has 0 unspecified atom stereocenters. The highest BCUT2D eigenvalue weighted by Crippen LogP contribution is 2.20. The van der Waals surface area contributed by atoms with E-state index in [0.29, 0.717) is 17.3 Å². The molecule has 3 rings (SSSR count). The van der Waals surface area contributed by atoms with Crippen LogP contribution in [-0.4, -0.2) is 41.8 Å². The summed E-state index contributed by atoms with van der Waals surface area (Å²) >= 11 is 5.92. The summed E-state index contributed by atoms with van der Waals surface area (Å²) in [7, 11) is 1.54. The molecule has 0 spiro atoms. The van der Waals surface area contributed by atoms with E-state index in [1.54, 1.807) is 18.3 Å². The van der Waals surface area contributed by atoms with E-state index >= 15 is 0 Å². The lowest BCUT2D eigenvalue weighted by Gasteiger charge is -2.05. The highest BCUT2D eigenvalue weighted by molar-refractivity contribution is 6.28. The quantitative estimate of drug-likeness (QED) is 0.715. The first-order valence-corrected chi connectivity index (χ1v) is 5.91. The first-order valence-electron chi connectivity index (χ1n) is 5.53. The van der Waals surface area contributed by atoms with Gasteiger partial charge in [-0.05, 0) is 17.7 Å². The molecule has 0 N–H and O–H groups in total. The molecule has 9 heteroatoms. The Bertz CT molecular complexity index is 731. The number of aromatic nitrogens is 7. The predicted octanol–water partition coefficient (Wildman–Crippen LogP) is 1.18. The lowest BCUT2D eigenvalue weighted by atomic mass is 10.2. The van der Waals surface area contributed by atoms with Crippen molar-refractivity contribution in [3.05, 3.63) is 36.3 Å². The third kappa shape index (κ3) is 2.41. The lowest BCUT2D eigenvalue weighted by Crippen LogP contribution is -2.05. The van der Waals surface area contributed by atoms with Gasteiger partial charge in [0, 0.05) is 17.8 Å². The van der Waals surface area contributed by atoms with Crippen LogP contribution >= 0.6 is 11.6 Å². The fraction of sp³-hybridized carbons (Fsp3) is 0.0909. The van der Waals surface area contributed by atoms with E-state index in [9.17, 15) is 0 Å². The molecule has 3 aromatic rings. The minimum Gasteiger partial charge on any atom is -0.481 e. The Kier molecular flexibility index (Phi) is 3.21. The van der Waals surface area contributed by atoms with Crippen LogP contribution in [0.5, 0.6) is 5.88 Å². The van der Waals surface area contributed by atoms with Crippen molar-refractivity contribution in [2.45, 2.75) is 0 Å². The van der Waals surface area contributed by atoms with Crippen molar-refractivity contribution in [2.24, 2.45) is 0 Å². The number of halogens is 1. The van der Waals surface area contributed by atoms with Gasteiger partial charge in [0.25, 0.3) is 5.95 Å². The van der Waals surface area contributed by atoms with Crippen LogP contribution in [0.3, 0.4) is 0 Å². The van der Waals surface area contributed by atoms with E-state index in [1.807, 2.05) is 0 Å². The summed E-state index contributed by atoms with van der Waals surface area (Å²) in [5.74, 6) is 1.14. The molecule has 0 aromatic carbocycles. The van der Waals surface area contributed by atoms with Gasteiger partial charge in [0.15, 0.2) is 5.82 Å². The highest BCUT2D eigenvalue weighted by Gasteiger charge is 2.10. The molecular formula is C11H8ClN7O. The van der Waals surface area contributed by atoms with Gasteiger partial charge in [-0.25, -0.2) is 9.97 Å². The van der Waals surface area contributed by atoms with Gasteiger partial charge in [-0.2, -0.15) is 24.7 Å². The smallest absolute Gasteiger partial charge is 0.256 e. The van der Waals surface area contributed by atoms with E-state index in [1.165, 1.54) is 24.4 Å². The van der Waals surface area contributed by atoms with E-state index < -0.39 is 0 Å². The standard InChI is InChI=1S/C11H8ClN7O/c1-20-8-4-7(2-3-14-8)9-16-10(12)18-11(17-9)19-6-13-5-15-19/h2-6H,1H3. The molecule has 3 heterocycles. The van der Waals surface area contributed by atoms with E-state index in [-0.39, 0.29) is 11.2 Å². The number of ether oxygens (including phenoxy) is 1. The van der Waals surface area contributed by atoms with Crippen molar-refractivity contribution in [2.75, 3.05) is 7.11 Å². The largest absolute Gasteiger partial charge is 0.481 e. The number of pyridine rings is 1. The van der Waals surface area contributed by atoms with Gasteiger partial charge in [-0.15, -0.1) is 0 Å². The van der Waals surface area contributed by atoms with Crippen LogP contribution in [-0.2, 0) is 0 Å². The maximum atomic E-state index is 5.92. The molecule has 0 atom stereocenters. The number of hydrogen-bond acceptors (Lipinski definition) is 7. The molecule has 0 saturated carbocycles. The Hall–Kier alpha value is -2.61. The van der Waals surface area contributed by atoms with Crippen molar-refractivity contribution in [3.8, 4) is 23.2 Å². The molecule has 3 aromatic heterocycles. The summed E-state index contributed by atoms with van der Waals surface area (Å²) in [6.07, 6.45) is 4.45. The summed E-state index contributed by atoms with van der Waals surface area (Å²) in [4.78, 5) is 20.2. The Labute approximate surface area is 118 Å². The second-order valence-corrected chi connectivity index (χ2v) is 3.99. The zero-order chi connectivity index (χ0) is 13.9.